The van der Waals surface area contributed by atoms with Crippen molar-refractivity contribution in [2.75, 3.05) is 13.7 Å². The van der Waals surface area contributed by atoms with E-state index in [0.717, 1.165) is 43.9 Å². The van der Waals surface area contributed by atoms with Gasteiger partial charge in [0.15, 0.2) is 5.82 Å². The maximum Gasteiger partial charge on any atom is 0.240 e. The molecule has 0 spiro atoms. The van der Waals surface area contributed by atoms with Crippen molar-refractivity contribution in [3.63, 3.8) is 0 Å². The monoisotopic (exact) mass is 349 g/mol. The maximum absolute atomic E-state index is 5.46. The zero-order chi connectivity index (χ0) is 17.8. The molecular weight excluding hydrogens is 326 g/mol. The summed E-state index contributed by atoms with van der Waals surface area (Å²) in [4.78, 5) is 6.91. The quantitative estimate of drug-likeness (QED) is 0.682. The lowest BCUT2D eigenvalue weighted by molar-refractivity contribution is 0.210. The summed E-state index contributed by atoms with van der Waals surface area (Å²) in [6, 6.07) is 16.7. The molecular formula is C21H23N3O2. The molecule has 1 aliphatic heterocycles. The molecule has 0 fully saturated rings. The minimum atomic E-state index is 0.689. The summed E-state index contributed by atoms with van der Waals surface area (Å²) in [5, 5.41) is 4.14. The molecule has 134 valence electrons. The normalized spacial score (nSPS) is 14.2. The molecule has 26 heavy (non-hydrogen) atoms. The Kier molecular flexibility index (Phi) is 4.97. The van der Waals surface area contributed by atoms with Crippen LogP contribution in [0.5, 0.6) is 5.75 Å². The van der Waals surface area contributed by atoms with Gasteiger partial charge in [-0.3, -0.25) is 4.90 Å². The van der Waals surface area contributed by atoms with Crippen molar-refractivity contribution in [3.8, 4) is 5.75 Å². The molecule has 0 aliphatic carbocycles. The van der Waals surface area contributed by atoms with E-state index >= 15 is 0 Å². The fourth-order valence-corrected chi connectivity index (χ4v) is 3.40. The van der Waals surface area contributed by atoms with Crippen molar-refractivity contribution >= 4 is 0 Å². The van der Waals surface area contributed by atoms with Crippen LogP contribution >= 0.6 is 0 Å². The summed E-state index contributed by atoms with van der Waals surface area (Å²) < 4.78 is 10.8. The van der Waals surface area contributed by atoms with Crippen molar-refractivity contribution in [2.45, 2.75) is 32.4 Å². The van der Waals surface area contributed by atoms with Gasteiger partial charge in [0.25, 0.3) is 0 Å². The third-order valence-corrected chi connectivity index (χ3v) is 4.85. The highest BCUT2D eigenvalue weighted by Crippen LogP contribution is 2.24. The smallest absolute Gasteiger partial charge is 0.240 e. The first kappa shape index (κ1) is 16.8. The van der Waals surface area contributed by atoms with Crippen LogP contribution in [0.15, 0.2) is 53.1 Å². The summed E-state index contributed by atoms with van der Waals surface area (Å²) in [5.41, 5.74) is 4.01. The van der Waals surface area contributed by atoms with E-state index < -0.39 is 0 Å². The number of hydrogen-bond donors (Lipinski definition) is 0. The molecule has 0 bridgehead atoms. The van der Waals surface area contributed by atoms with Gasteiger partial charge in [0.05, 0.1) is 13.7 Å². The number of aromatic nitrogens is 2. The van der Waals surface area contributed by atoms with Crippen molar-refractivity contribution in [1.82, 2.24) is 15.0 Å². The molecule has 0 amide bonds. The zero-order valence-corrected chi connectivity index (χ0v) is 15.0. The molecule has 1 aromatic heterocycles. The Balaban J connectivity index is 1.35. The number of nitrogens with zero attached hydrogens (tertiary/aromatic N) is 3. The molecule has 0 N–H and O–H groups in total. The van der Waals surface area contributed by atoms with Crippen molar-refractivity contribution in [2.24, 2.45) is 0 Å². The van der Waals surface area contributed by atoms with E-state index in [1.807, 2.05) is 12.1 Å². The molecule has 2 heterocycles. The third-order valence-electron chi connectivity index (χ3n) is 4.85. The first-order chi connectivity index (χ1) is 12.8. The summed E-state index contributed by atoms with van der Waals surface area (Å²) in [6.45, 7) is 2.57. The fourth-order valence-electron chi connectivity index (χ4n) is 3.40. The number of hydrogen-bond acceptors (Lipinski definition) is 5. The number of rotatable bonds is 6. The highest BCUT2D eigenvalue weighted by Gasteiger charge is 2.19. The Morgan fingerprint density at radius 3 is 2.81 bits per heavy atom. The van der Waals surface area contributed by atoms with E-state index in [0.29, 0.717) is 12.4 Å². The lowest BCUT2D eigenvalue weighted by Crippen LogP contribution is -2.30. The molecule has 5 heteroatoms. The van der Waals surface area contributed by atoms with E-state index in [1.165, 1.54) is 16.7 Å². The largest absolute Gasteiger partial charge is 0.497 e. The summed E-state index contributed by atoms with van der Waals surface area (Å²) >= 11 is 0. The third kappa shape index (κ3) is 3.94. The maximum atomic E-state index is 5.46. The van der Waals surface area contributed by atoms with Crippen molar-refractivity contribution in [1.29, 1.82) is 0 Å². The van der Waals surface area contributed by atoms with Crippen molar-refractivity contribution in [3.05, 3.63) is 76.9 Å². The minimum absolute atomic E-state index is 0.689. The second-order valence-corrected chi connectivity index (χ2v) is 6.69. The number of aryl methyl sites for hydroxylation is 2. The van der Waals surface area contributed by atoms with Gasteiger partial charge in [-0.15, -0.1) is 0 Å². The van der Waals surface area contributed by atoms with Gasteiger partial charge in [0.2, 0.25) is 5.89 Å². The van der Waals surface area contributed by atoms with Crippen LogP contribution in [0.25, 0.3) is 0 Å². The van der Waals surface area contributed by atoms with E-state index in [2.05, 4.69) is 51.4 Å². The Labute approximate surface area is 153 Å². The van der Waals surface area contributed by atoms with Crippen LogP contribution in [-0.2, 0) is 32.4 Å². The van der Waals surface area contributed by atoms with Crippen molar-refractivity contribution < 1.29 is 9.26 Å². The lowest BCUT2D eigenvalue weighted by Gasteiger charge is -2.27. The first-order valence-electron chi connectivity index (χ1n) is 9.04. The van der Waals surface area contributed by atoms with Gasteiger partial charge in [-0.1, -0.05) is 41.6 Å². The highest BCUT2D eigenvalue weighted by molar-refractivity contribution is 5.37. The SMILES string of the molecule is COc1ccc2c(c1)CN(Cc1nc(CCc3ccccc3)no1)CC2. The van der Waals surface area contributed by atoms with Gasteiger partial charge >= 0.3 is 0 Å². The fraction of sp³-hybridized carbons (Fsp3) is 0.333. The van der Waals surface area contributed by atoms with E-state index in [-0.39, 0.29) is 0 Å². The number of fused-ring (bicyclic) bond motifs is 1. The summed E-state index contributed by atoms with van der Waals surface area (Å²) in [6.07, 6.45) is 2.76. The minimum Gasteiger partial charge on any atom is -0.497 e. The van der Waals surface area contributed by atoms with Crippen LogP contribution in [0.3, 0.4) is 0 Å². The van der Waals surface area contributed by atoms with Gasteiger partial charge < -0.3 is 9.26 Å². The molecule has 0 atom stereocenters. The van der Waals surface area contributed by atoms with Crippen LogP contribution in [0.1, 0.15) is 28.4 Å². The predicted octanol–water partition coefficient (Wildman–Crippen LogP) is 3.42. The Hall–Kier alpha value is -2.66. The molecule has 4 rings (SSSR count). The molecule has 0 radical (unpaired) electrons. The molecule has 0 unspecified atom stereocenters. The second kappa shape index (κ2) is 7.70. The van der Waals surface area contributed by atoms with Crippen LogP contribution in [0.2, 0.25) is 0 Å². The molecule has 2 aromatic carbocycles. The zero-order valence-electron chi connectivity index (χ0n) is 15.0. The molecule has 5 nitrogen and oxygen atoms in total. The van der Waals surface area contributed by atoms with E-state index in [4.69, 9.17) is 9.26 Å². The van der Waals surface area contributed by atoms with Crippen LogP contribution < -0.4 is 4.74 Å². The van der Waals surface area contributed by atoms with Gasteiger partial charge in [-0.05, 0) is 41.7 Å². The molecule has 3 aromatic rings. The van der Waals surface area contributed by atoms with Crippen LogP contribution in [0, 0.1) is 0 Å². The van der Waals surface area contributed by atoms with Gasteiger partial charge in [-0.2, -0.15) is 4.98 Å². The molecule has 0 saturated carbocycles. The first-order valence-corrected chi connectivity index (χ1v) is 9.04. The molecule has 0 saturated heterocycles. The van der Waals surface area contributed by atoms with Gasteiger partial charge in [-0.25, -0.2) is 0 Å². The average molecular weight is 349 g/mol. The average Bonchev–Trinajstić information content (AvgIpc) is 3.14. The summed E-state index contributed by atoms with van der Waals surface area (Å²) in [5.74, 6) is 2.38. The Bertz CT molecular complexity index is 861. The Morgan fingerprint density at radius 2 is 1.96 bits per heavy atom. The van der Waals surface area contributed by atoms with Gasteiger partial charge in [0.1, 0.15) is 5.75 Å². The lowest BCUT2D eigenvalue weighted by atomic mass is 9.99. The standard InChI is InChI=1S/C21H23N3O2/c1-25-19-9-8-17-11-12-24(14-18(17)13-19)15-21-22-20(23-26-21)10-7-16-5-3-2-4-6-16/h2-6,8-9,13H,7,10-12,14-15H2,1H3. The topological polar surface area (TPSA) is 51.4 Å². The summed E-state index contributed by atoms with van der Waals surface area (Å²) in [7, 11) is 1.71. The Morgan fingerprint density at radius 1 is 1.08 bits per heavy atom. The van der Waals surface area contributed by atoms with E-state index in [1.54, 1.807) is 7.11 Å². The van der Waals surface area contributed by atoms with Gasteiger partial charge in [0, 0.05) is 19.5 Å². The van der Waals surface area contributed by atoms with Crippen LogP contribution in [-0.4, -0.2) is 28.7 Å². The second-order valence-electron chi connectivity index (χ2n) is 6.69. The number of methoxy groups -OCH3 is 1. The predicted molar refractivity (Wildman–Crippen MR) is 99.0 cm³/mol. The highest BCUT2D eigenvalue weighted by atomic mass is 16.5. The molecule has 1 aliphatic rings. The van der Waals surface area contributed by atoms with Crippen LogP contribution in [0.4, 0.5) is 0 Å². The number of ether oxygens (including phenoxy) is 1. The van der Waals surface area contributed by atoms with E-state index in [9.17, 15) is 0 Å². The number of benzene rings is 2.